The number of halogens is 1. The van der Waals surface area contributed by atoms with Crippen molar-refractivity contribution in [1.82, 2.24) is 10.5 Å². The zero-order valence-corrected chi connectivity index (χ0v) is 13.6. The van der Waals surface area contributed by atoms with Crippen LogP contribution >= 0.6 is 11.6 Å². The summed E-state index contributed by atoms with van der Waals surface area (Å²) in [6, 6.07) is 18.5. The maximum atomic E-state index is 11.9. The third-order valence-corrected chi connectivity index (χ3v) is 3.82. The molecule has 5 nitrogen and oxygen atoms in total. The Kier molecular flexibility index (Phi) is 5.13. The molecule has 0 saturated heterocycles. The molecule has 3 aromatic rings. The van der Waals surface area contributed by atoms with Crippen LogP contribution in [0.5, 0.6) is 0 Å². The standard InChI is InChI=1S/C18H16ClN3O2/c19-15-9-5-4-6-13(15)10-11-20-18(23)21-17-12-16(24-22-17)14-7-2-1-3-8-14/h1-9,12H,10-11H2,(H2,20,21,22,23). The summed E-state index contributed by atoms with van der Waals surface area (Å²) in [5, 5.41) is 9.95. The first-order valence-corrected chi connectivity index (χ1v) is 7.90. The first-order chi connectivity index (χ1) is 11.7. The predicted octanol–water partition coefficient (Wildman–Crippen LogP) is 4.36. The average molecular weight is 342 g/mol. The molecule has 2 N–H and O–H groups in total. The van der Waals surface area contributed by atoms with Crippen LogP contribution in [0.2, 0.25) is 5.02 Å². The normalized spacial score (nSPS) is 10.4. The molecule has 0 aliphatic rings. The van der Waals surface area contributed by atoms with Gasteiger partial charge in [0, 0.05) is 23.2 Å². The molecule has 24 heavy (non-hydrogen) atoms. The zero-order valence-electron chi connectivity index (χ0n) is 12.8. The molecule has 2 amide bonds. The molecule has 122 valence electrons. The molecule has 0 unspecified atom stereocenters. The van der Waals surface area contributed by atoms with Crippen LogP contribution in [0.1, 0.15) is 5.56 Å². The number of carbonyl (C=O) groups is 1. The van der Waals surface area contributed by atoms with Crippen molar-refractivity contribution >= 4 is 23.4 Å². The number of nitrogens with zero attached hydrogens (tertiary/aromatic N) is 1. The van der Waals surface area contributed by atoms with Crippen molar-refractivity contribution in [2.24, 2.45) is 0 Å². The molecule has 6 heteroatoms. The van der Waals surface area contributed by atoms with Gasteiger partial charge in [0.15, 0.2) is 11.6 Å². The predicted molar refractivity (Wildman–Crippen MR) is 94.1 cm³/mol. The average Bonchev–Trinajstić information content (AvgIpc) is 3.06. The van der Waals surface area contributed by atoms with Crippen LogP contribution in [-0.2, 0) is 6.42 Å². The third-order valence-electron chi connectivity index (χ3n) is 3.45. The first kappa shape index (κ1) is 16.1. The van der Waals surface area contributed by atoms with E-state index in [-0.39, 0.29) is 6.03 Å². The van der Waals surface area contributed by atoms with E-state index < -0.39 is 0 Å². The maximum Gasteiger partial charge on any atom is 0.320 e. The highest BCUT2D eigenvalue weighted by molar-refractivity contribution is 6.31. The van der Waals surface area contributed by atoms with Crippen molar-refractivity contribution in [3.05, 3.63) is 71.2 Å². The molecule has 0 aliphatic carbocycles. The number of benzene rings is 2. The van der Waals surface area contributed by atoms with Gasteiger partial charge in [-0.3, -0.25) is 5.32 Å². The minimum atomic E-state index is -0.338. The second-order valence-corrected chi connectivity index (χ2v) is 5.57. The fourth-order valence-electron chi connectivity index (χ4n) is 2.24. The van der Waals surface area contributed by atoms with E-state index in [1.807, 2.05) is 54.6 Å². The van der Waals surface area contributed by atoms with Crippen LogP contribution in [0, 0.1) is 0 Å². The number of hydrogen-bond donors (Lipinski definition) is 2. The summed E-state index contributed by atoms with van der Waals surface area (Å²) in [5.41, 5.74) is 1.89. The fraction of sp³-hybridized carbons (Fsp3) is 0.111. The molecule has 3 rings (SSSR count). The Balaban J connectivity index is 1.51. The lowest BCUT2D eigenvalue weighted by Gasteiger charge is -2.06. The Morgan fingerprint density at radius 1 is 1.08 bits per heavy atom. The summed E-state index contributed by atoms with van der Waals surface area (Å²) in [6.45, 7) is 0.471. The molecule has 0 saturated carbocycles. The second kappa shape index (κ2) is 7.66. The SMILES string of the molecule is O=C(NCCc1ccccc1Cl)Nc1cc(-c2ccccc2)on1. The van der Waals surface area contributed by atoms with E-state index in [0.717, 1.165) is 11.1 Å². The zero-order chi connectivity index (χ0) is 16.8. The number of amides is 2. The smallest absolute Gasteiger partial charge is 0.320 e. The quantitative estimate of drug-likeness (QED) is 0.724. The van der Waals surface area contributed by atoms with E-state index in [0.29, 0.717) is 29.6 Å². The fourth-order valence-corrected chi connectivity index (χ4v) is 2.48. The Labute approximate surface area is 144 Å². The van der Waals surface area contributed by atoms with Crippen molar-refractivity contribution in [3.8, 4) is 11.3 Å². The van der Waals surface area contributed by atoms with Gasteiger partial charge >= 0.3 is 6.03 Å². The van der Waals surface area contributed by atoms with Crippen molar-refractivity contribution in [1.29, 1.82) is 0 Å². The maximum absolute atomic E-state index is 11.9. The monoisotopic (exact) mass is 341 g/mol. The van der Waals surface area contributed by atoms with Crippen LogP contribution in [-0.4, -0.2) is 17.7 Å². The number of nitrogens with one attached hydrogen (secondary N) is 2. The Morgan fingerprint density at radius 3 is 2.62 bits per heavy atom. The molecule has 2 aromatic carbocycles. The minimum absolute atomic E-state index is 0.338. The van der Waals surface area contributed by atoms with E-state index >= 15 is 0 Å². The van der Waals surface area contributed by atoms with Gasteiger partial charge in [0.25, 0.3) is 0 Å². The summed E-state index contributed by atoms with van der Waals surface area (Å²) in [6.07, 6.45) is 0.654. The molecular formula is C18H16ClN3O2. The van der Waals surface area contributed by atoms with Crippen LogP contribution in [0.15, 0.2) is 65.2 Å². The summed E-state index contributed by atoms with van der Waals surface area (Å²) in [4.78, 5) is 11.9. The number of hydrogen-bond acceptors (Lipinski definition) is 3. The molecule has 0 aliphatic heterocycles. The van der Waals surface area contributed by atoms with Gasteiger partial charge in [-0.2, -0.15) is 0 Å². The van der Waals surface area contributed by atoms with Crippen LogP contribution < -0.4 is 10.6 Å². The molecular weight excluding hydrogens is 326 g/mol. The summed E-state index contributed by atoms with van der Waals surface area (Å²) in [7, 11) is 0. The Hall–Kier alpha value is -2.79. The number of urea groups is 1. The number of anilines is 1. The second-order valence-electron chi connectivity index (χ2n) is 5.16. The molecule has 0 radical (unpaired) electrons. The van der Waals surface area contributed by atoms with E-state index in [9.17, 15) is 4.79 Å². The van der Waals surface area contributed by atoms with Gasteiger partial charge in [-0.1, -0.05) is 65.3 Å². The van der Waals surface area contributed by atoms with Gasteiger partial charge in [0.1, 0.15) is 0 Å². The van der Waals surface area contributed by atoms with Crippen molar-refractivity contribution in [2.45, 2.75) is 6.42 Å². The third kappa shape index (κ3) is 4.14. The van der Waals surface area contributed by atoms with Crippen LogP contribution in [0.25, 0.3) is 11.3 Å². The van der Waals surface area contributed by atoms with Gasteiger partial charge < -0.3 is 9.84 Å². The summed E-state index contributed by atoms with van der Waals surface area (Å²) >= 11 is 6.08. The van der Waals surface area contributed by atoms with Gasteiger partial charge in [-0.05, 0) is 18.1 Å². The Morgan fingerprint density at radius 2 is 1.83 bits per heavy atom. The topological polar surface area (TPSA) is 67.2 Å². The van der Waals surface area contributed by atoms with E-state index in [4.69, 9.17) is 16.1 Å². The minimum Gasteiger partial charge on any atom is -0.354 e. The van der Waals surface area contributed by atoms with Gasteiger partial charge in [-0.15, -0.1) is 0 Å². The van der Waals surface area contributed by atoms with Gasteiger partial charge in [0.05, 0.1) is 0 Å². The molecule has 0 fully saturated rings. The molecule has 0 atom stereocenters. The lowest BCUT2D eigenvalue weighted by atomic mass is 10.1. The highest BCUT2D eigenvalue weighted by Crippen LogP contribution is 2.21. The first-order valence-electron chi connectivity index (χ1n) is 7.53. The van der Waals surface area contributed by atoms with Gasteiger partial charge in [0.2, 0.25) is 0 Å². The van der Waals surface area contributed by atoms with E-state index in [1.165, 1.54) is 0 Å². The van der Waals surface area contributed by atoms with Crippen molar-refractivity contribution < 1.29 is 9.32 Å². The Bertz CT molecular complexity index is 818. The molecule has 1 heterocycles. The summed E-state index contributed by atoms with van der Waals surface area (Å²) < 4.78 is 5.23. The highest BCUT2D eigenvalue weighted by Gasteiger charge is 2.09. The van der Waals surface area contributed by atoms with Crippen LogP contribution in [0.4, 0.5) is 10.6 Å². The van der Waals surface area contributed by atoms with Crippen LogP contribution in [0.3, 0.4) is 0 Å². The molecule has 0 bridgehead atoms. The molecule has 0 spiro atoms. The lowest BCUT2D eigenvalue weighted by Crippen LogP contribution is -2.30. The van der Waals surface area contributed by atoms with Crippen molar-refractivity contribution in [3.63, 3.8) is 0 Å². The number of rotatable bonds is 5. The van der Waals surface area contributed by atoms with Gasteiger partial charge in [-0.25, -0.2) is 4.79 Å². The summed E-state index contributed by atoms with van der Waals surface area (Å²) in [5.74, 6) is 0.964. The largest absolute Gasteiger partial charge is 0.354 e. The number of carbonyl (C=O) groups excluding carboxylic acids is 1. The van der Waals surface area contributed by atoms with E-state index in [1.54, 1.807) is 6.07 Å². The molecule has 1 aromatic heterocycles. The highest BCUT2D eigenvalue weighted by atomic mass is 35.5. The lowest BCUT2D eigenvalue weighted by molar-refractivity contribution is 0.252. The van der Waals surface area contributed by atoms with E-state index in [2.05, 4.69) is 15.8 Å². The number of aromatic nitrogens is 1. The van der Waals surface area contributed by atoms with Crippen molar-refractivity contribution in [2.75, 3.05) is 11.9 Å².